The third kappa shape index (κ3) is 6.91. The van der Waals surface area contributed by atoms with Crippen molar-refractivity contribution in [3.05, 3.63) is 103 Å². The molecule has 0 bridgehead atoms. The standard InChI is InChI=1S/C16H12F3N3O2S.C6H7NO2S/c17-16(18,19)14-11-22(15(20-14)12-7-3-1-4-8-12)21-25(23,24)13-9-5-2-6-10-13;7-10(8,9)6-4-2-1-3-5-6/h1-11,21H;1-5H,(H2,7,8,9). The maximum atomic E-state index is 13.0. The number of alkyl halides is 3. The topological polar surface area (TPSA) is 124 Å². The second-order valence-electron chi connectivity index (χ2n) is 6.95. The summed E-state index contributed by atoms with van der Waals surface area (Å²) < 4.78 is 85.8. The van der Waals surface area contributed by atoms with Crippen LogP contribution in [0.1, 0.15) is 5.69 Å². The Morgan fingerprint density at radius 3 is 1.63 bits per heavy atom. The van der Waals surface area contributed by atoms with Crippen molar-refractivity contribution < 1.29 is 30.0 Å². The lowest BCUT2D eigenvalue weighted by Crippen LogP contribution is -2.23. The average molecular weight is 525 g/mol. The normalized spacial score (nSPS) is 11.9. The molecule has 35 heavy (non-hydrogen) atoms. The second-order valence-corrected chi connectivity index (χ2v) is 10.2. The molecule has 8 nitrogen and oxygen atoms in total. The summed E-state index contributed by atoms with van der Waals surface area (Å²) in [5.41, 5.74) is -0.851. The van der Waals surface area contributed by atoms with Crippen LogP contribution in [0.3, 0.4) is 0 Å². The van der Waals surface area contributed by atoms with Gasteiger partial charge in [-0.15, -0.1) is 0 Å². The Morgan fingerprint density at radius 1 is 0.743 bits per heavy atom. The molecule has 4 aromatic rings. The number of nitrogens with zero attached hydrogens (tertiary/aromatic N) is 2. The summed E-state index contributed by atoms with van der Waals surface area (Å²) in [5.74, 6) is -0.160. The molecule has 3 aromatic carbocycles. The third-order valence-corrected chi connectivity index (χ3v) is 6.63. The highest BCUT2D eigenvalue weighted by atomic mass is 32.2. The number of halogens is 3. The fourth-order valence-electron chi connectivity index (χ4n) is 2.77. The first-order valence-electron chi connectivity index (χ1n) is 9.76. The van der Waals surface area contributed by atoms with E-state index in [1.54, 1.807) is 42.5 Å². The zero-order valence-corrected chi connectivity index (χ0v) is 19.4. The van der Waals surface area contributed by atoms with E-state index >= 15 is 0 Å². The van der Waals surface area contributed by atoms with E-state index in [1.807, 2.05) is 0 Å². The molecule has 0 aliphatic heterocycles. The van der Waals surface area contributed by atoms with Gasteiger partial charge in [0.15, 0.2) is 11.5 Å². The minimum absolute atomic E-state index is 0.0729. The lowest BCUT2D eigenvalue weighted by Gasteiger charge is -2.11. The fourth-order valence-corrected chi connectivity index (χ4v) is 4.32. The van der Waals surface area contributed by atoms with Gasteiger partial charge in [-0.2, -0.15) is 21.6 Å². The first-order valence-corrected chi connectivity index (χ1v) is 12.8. The molecule has 184 valence electrons. The van der Waals surface area contributed by atoms with E-state index in [9.17, 15) is 30.0 Å². The fraction of sp³-hybridized carbons (Fsp3) is 0.0455. The van der Waals surface area contributed by atoms with Gasteiger partial charge in [-0.25, -0.2) is 28.0 Å². The van der Waals surface area contributed by atoms with Crippen LogP contribution in [0, 0.1) is 0 Å². The lowest BCUT2D eigenvalue weighted by molar-refractivity contribution is -0.140. The van der Waals surface area contributed by atoms with Gasteiger partial charge in [-0.3, -0.25) is 0 Å². The van der Waals surface area contributed by atoms with Crippen LogP contribution in [-0.4, -0.2) is 26.5 Å². The number of aromatic nitrogens is 2. The maximum Gasteiger partial charge on any atom is 0.434 e. The van der Waals surface area contributed by atoms with Crippen LogP contribution < -0.4 is 9.97 Å². The average Bonchev–Trinajstić information content (AvgIpc) is 3.24. The molecule has 0 fully saturated rings. The summed E-state index contributed by atoms with van der Waals surface area (Å²) in [6.07, 6.45) is -4.09. The molecule has 0 saturated heterocycles. The van der Waals surface area contributed by atoms with E-state index in [4.69, 9.17) is 5.14 Å². The van der Waals surface area contributed by atoms with E-state index in [-0.39, 0.29) is 15.6 Å². The highest BCUT2D eigenvalue weighted by Crippen LogP contribution is 2.30. The van der Waals surface area contributed by atoms with Crippen LogP contribution >= 0.6 is 0 Å². The lowest BCUT2D eigenvalue weighted by atomic mass is 10.2. The number of primary sulfonamides is 1. The number of sulfonamides is 2. The summed E-state index contributed by atoms with van der Waals surface area (Å²) >= 11 is 0. The molecule has 0 amide bonds. The number of imidazole rings is 1. The minimum Gasteiger partial charge on any atom is -0.233 e. The summed E-state index contributed by atoms with van der Waals surface area (Å²) in [6.45, 7) is 0. The van der Waals surface area contributed by atoms with Crippen LogP contribution in [0.25, 0.3) is 11.4 Å². The maximum absolute atomic E-state index is 13.0. The molecular weight excluding hydrogens is 505 g/mol. The van der Waals surface area contributed by atoms with Crippen LogP contribution in [0.4, 0.5) is 13.2 Å². The summed E-state index contributed by atoms with van der Waals surface area (Å²) in [5, 5.41) is 4.83. The van der Waals surface area contributed by atoms with Crippen molar-refractivity contribution in [2.45, 2.75) is 16.0 Å². The highest BCUT2D eigenvalue weighted by Gasteiger charge is 2.35. The number of hydrogen-bond donors (Lipinski definition) is 2. The summed E-state index contributed by atoms with van der Waals surface area (Å²) in [6, 6.07) is 23.2. The Bertz CT molecular complexity index is 1480. The van der Waals surface area contributed by atoms with Gasteiger partial charge in [0, 0.05) is 5.56 Å². The number of rotatable bonds is 5. The van der Waals surface area contributed by atoms with Gasteiger partial charge < -0.3 is 0 Å². The predicted octanol–water partition coefficient (Wildman–Crippen LogP) is 3.84. The molecule has 0 spiro atoms. The molecule has 1 heterocycles. The van der Waals surface area contributed by atoms with Gasteiger partial charge in [0.1, 0.15) is 0 Å². The van der Waals surface area contributed by atoms with E-state index in [0.717, 1.165) is 4.68 Å². The summed E-state index contributed by atoms with van der Waals surface area (Å²) in [7, 11) is -7.57. The molecule has 13 heteroatoms. The smallest absolute Gasteiger partial charge is 0.233 e. The number of nitrogens with two attached hydrogens (primary N) is 1. The molecule has 0 aliphatic rings. The number of benzene rings is 3. The highest BCUT2D eigenvalue weighted by molar-refractivity contribution is 7.92. The van der Waals surface area contributed by atoms with E-state index in [2.05, 4.69) is 9.82 Å². The van der Waals surface area contributed by atoms with Crippen molar-refractivity contribution in [2.24, 2.45) is 5.14 Å². The van der Waals surface area contributed by atoms with Crippen molar-refractivity contribution in [3.63, 3.8) is 0 Å². The van der Waals surface area contributed by atoms with Crippen LogP contribution in [0.15, 0.2) is 107 Å². The van der Waals surface area contributed by atoms with Gasteiger partial charge in [-0.1, -0.05) is 66.7 Å². The van der Waals surface area contributed by atoms with E-state index < -0.39 is 31.9 Å². The molecule has 0 unspecified atom stereocenters. The van der Waals surface area contributed by atoms with Crippen LogP contribution in [-0.2, 0) is 26.2 Å². The number of hydrogen-bond acceptors (Lipinski definition) is 5. The number of nitrogens with one attached hydrogen (secondary N) is 1. The monoisotopic (exact) mass is 524 g/mol. The van der Waals surface area contributed by atoms with Gasteiger partial charge in [0.05, 0.1) is 16.0 Å². The van der Waals surface area contributed by atoms with Crippen LogP contribution in [0.5, 0.6) is 0 Å². The van der Waals surface area contributed by atoms with Gasteiger partial charge in [-0.05, 0) is 24.3 Å². The van der Waals surface area contributed by atoms with Crippen molar-refractivity contribution in [1.29, 1.82) is 0 Å². The largest absolute Gasteiger partial charge is 0.434 e. The van der Waals surface area contributed by atoms with Gasteiger partial charge >= 0.3 is 6.18 Å². The van der Waals surface area contributed by atoms with Crippen molar-refractivity contribution in [1.82, 2.24) is 9.66 Å². The van der Waals surface area contributed by atoms with E-state index in [0.29, 0.717) is 11.8 Å². The Balaban J connectivity index is 0.000000287. The van der Waals surface area contributed by atoms with E-state index in [1.165, 1.54) is 48.5 Å². The molecule has 0 radical (unpaired) electrons. The van der Waals surface area contributed by atoms with Crippen LogP contribution in [0.2, 0.25) is 0 Å². The van der Waals surface area contributed by atoms with Crippen molar-refractivity contribution >= 4 is 20.0 Å². The Hall–Kier alpha value is -3.68. The van der Waals surface area contributed by atoms with Crippen molar-refractivity contribution in [2.75, 3.05) is 4.83 Å². The molecule has 3 N–H and O–H groups in total. The summed E-state index contributed by atoms with van der Waals surface area (Å²) in [4.78, 5) is 5.74. The molecule has 0 aliphatic carbocycles. The minimum atomic E-state index is -4.70. The Labute approximate surface area is 199 Å². The first kappa shape index (κ1) is 25.9. The van der Waals surface area contributed by atoms with Gasteiger partial charge in [0.2, 0.25) is 10.0 Å². The molecular formula is C22H19F3N4O4S2. The first-order chi connectivity index (χ1) is 16.4. The van der Waals surface area contributed by atoms with Gasteiger partial charge in [0.25, 0.3) is 10.0 Å². The molecule has 0 atom stereocenters. The zero-order chi connectivity index (χ0) is 25.7. The van der Waals surface area contributed by atoms with Crippen molar-refractivity contribution in [3.8, 4) is 11.4 Å². The zero-order valence-electron chi connectivity index (χ0n) is 17.8. The predicted molar refractivity (Wildman–Crippen MR) is 123 cm³/mol. The third-order valence-electron chi connectivity index (χ3n) is 4.37. The molecule has 0 saturated carbocycles. The molecule has 4 rings (SSSR count). The Morgan fingerprint density at radius 2 is 1.20 bits per heavy atom. The quantitative estimate of drug-likeness (QED) is 0.411. The molecule has 1 aromatic heterocycles. The Kier molecular flexibility index (Phi) is 7.63. The SMILES string of the molecule is NS(=O)(=O)c1ccccc1.O=S(=O)(Nn1cc(C(F)(F)F)nc1-c1ccccc1)c1ccccc1. The second kappa shape index (κ2) is 10.3.